The standard InChI is InChI=1S/C20H23N3O4/c1-13(27-18-11-9-17(26-2)10-12-18)19(24)21-14-3-5-15(6-4-14)22-20(25)23-16-7-8-16/h3-6,9-13,16H,7-8H2,1-2H3,(H,21,24)(H2,22,23,25). The van der Waals surface area contributed by atoms with Gasteiger partial charge in [-0.2, -0.15) is 0 Å². The van der Waals surface area contributed by atoms with E-state index in [0.717, 1.165) is 18.6 Å². The van der Waals surface area contributed by atoms with Crippen molar-refractivity contribution in [2.45, 2.75) is 31.9 Å². The highest BCUT2D eigenvalue weighted by Crippen LogP contribution is 2.20. The molecule has 1 unspecified atom stereocenters. The van der Waals surface area contributed by atoms with Gasteiger partial charge in [0.15, 0.2) is 6.10 Å². The van der Waals surface area contributed by atoms with Crippen molar-refractivity contribution in [1.82, 2.24) is 5.32 Å². The smallest absolute Gasteiger partial charge is 0.319 e. The highest BCUT2D eigenvalue weighted by molar-refractivity contribution is 5.95. The summed E-state index contributed by atoms with van der Waals surface area (Å²) in [5, 5.41) is 8.40. The van der Waals surface area contributed by atoms with Gasteiger partial charge in [0.05, 0.1) is 7.11 Å². The Bertz CT molecular complexity index is 786. The van der Waals surface area contributed by atoms with E-state index in [1.165, 1.54) is 0 Å². The largest absolute Gasteiger partial charge is 0.497 e. The molecule has 7 nitrogen and oxygen atoms in total. The summed E-state index contributed by atoms with van der Waals surface area (Å²) < 4.78 is 10.7. The Labute approximate surface area is 158 Å². The molecule has 2 aromatic rings. The Morgan fingerprint density at radius 2 is 1.48 bits per heavy atom. The second kappa shape index (κ2) is 8.44. The molecule has 0 heterocycles. The molecule has 3 N–H and O–H groups in total. The van der Waals surface area contributed by atoms with E-state index < -0.39 is 6.10 Å². The Hall–Kier alpha value is -3.22. The van der Waals surface area contributed by atoms with Crippen LogP contribution in [0, 0.1) is 0 Å². The van der Waals surface area contributed by atoms with Crippen molar-refractivity contribution < 1.29 is 19.1 Å². The molecule has 142 valence electrons. The maximum Gasteiger partial charge on any atom is 0.319 e. The van der Waals surface area contributed by atoms with Crippen molar-refractivity contribution in [3.05, 3.63) is 48.5 Å². The molecule has 27 heavy (non-hydrogen) atoms. The molecular weight excluding hydrogens is 346 g/mol. The summed E-state index contributed by atoms with van der Waals surface area (Å²) in [7, 11) is 1.59. The lowest BCUT2D eigenvalue weighted by Gasteiger charge is -2.15. The predicted octanol–water partition coefficient (Wildman–Crippen LogP) is 3.39. The second-order valence-corrected chi connectivity index (χ2v) is 6.37. The van der Waals surface area contributed by atoms with Gasteiger partial charge in [-0.25, -0.2) is 4.79 Å². The zero-order valence-electron chi connectivity index (χ0n) is 15.3. The number of ether oxygens (including phenoxy) is 2. The van der Waals surface area contributed by atoms with Crippen molar-refractivity contribution >= 4 is 23.3 Å². The maximum absolute atomic E-state index is 12.3. The fraction of sp³-hybridized carbons (Fsp3) is 0.300. The van der Waals surface area contributed by atoms with E-state index in [1.807, 2.05) is 0 Å². The van der Waals surface area contributed by atoms with Gasteiger partial charge in [-0.3, -0.25) is 4.79 Å². The Kier molecular flexibility index (Phi) is 5.80. The van der Waals surface area contributed by atoms with Crippen molar-refractivity contribution in [1.29, 1.82) is 0 Å². The molecule has 0 bridgehead atoms. The molecule has 0 aliphatic heterocycles. The third kappa shape index (κ3) is 5.64. The molecule has 0 aromatic heterocycles. The minimum Gasteiger partial charge on any atom is -0.497 e. The van der Waals surface area contributed by atoms with Crippen LogP contribution in [0.3, 0.4) is 0 Å². The summed E-state index contributed by atoms with van der Waals surface area (Å²) in [4.78, 5) is 24.0. The van der Waals surface area contributed by atoms with Gasteiger partial charge >= 0.3 is 6.03 Å². The molecule has 1 aliphatic rings. The van der Waals surface area contributed by atoms with Crippen molar-refractivity contribution in [3.8, 4) is 11.5 Å². The summed E-state index contributed by atoms with van der Waals surface area (Å²) in [5.41, 5.74) is 1.28. The van der Waals surface area contributed by atoms with Crippen LogP contribution in [-0.4, -0.2) is 31.2 Å². The number of hydrogen-bond acceptors (Lipinski definition) is 4. The number of hydrogen-bond donors (Lipinski definition) is 3. The monoisotopic (exact) mass is 369 g/mol. The number of methoxy groups -OCH3 is 1. The number of urea groups is 1. The molecule has 1 fully saturated rings. The van der Waals surface area contributed by atoms with E-state index >= 15 is 0 Å². The zero-order chi connectivity index (χ0) is 19.2. The molecule has 0 spiro atoms. The fourth-order valence-corrected chi connectivity index (χ4v) is 2.37. The van der Waals surface area contributed by atoms with Crippen LogP contribution >= 0.6 is 0 Å². The Balaban J connectivity index is 1.49. The molecule has 2 aromatic carbocycles. The molecule has 7 heteroatoms. The second-order valence-electron chi connectivity index (χ2n) is 6.37. The average molecular weight is 369 g/mol. The summed E-state index contributed by atoms with van der Waals surface area (Å²) in [6, 6.07) is 14.0. The zero-order valence-corrected chi connectivity index (χ0v) is 15.3. The number of amides is 3. The van der Waals surface area contributed by atoms with Crippen molar-refractivity contribution in [2.24, 2.45) is 0 Å². The van der Waals surface area contributed by atoms with Gasteiger partial charge in [-0.1, -0.05) is 0 Å². The van der Waals surface area contributed by atoms with Crippen LogP contribution in [-0.2, 0) is 4.79 Å². The number of carbonyl (C=O) groups excluding carboxylic acids is 2. The molecule has 3 rings (SSSR count). The molecule has 1 saturated carbocycles. The first kappa shape index (κ1) is 18.6. The quantitative estimate of drug-likeness (QED) is 0.698. The SMILES string of the molecule is COc1ccc(OC(C)C(=O)Nc2ccc(NC(=O)NC3CC3)cc2)cc1. The van der Waals surface area contributed by atoms with Crippen LogP contribution in [0.5, 0.6) is 11.5 Å². The number of nitrogens with one attached hydrogen (secondary N) is 3. The van der Waals surface area contributed by atoms with E-state index in [1.54, 1.807) is 62.6 Å². The summed E-state index contributed by atoms with van der Waals surface area (Å²) in [6.45, 7) is 1.68. The lowest BCUT2D eigenvalue weighted by molar-refractivity contribution is -0.122. The highest BCUT2D eigenvalue weighted by atomic mass is 16.5. The molecular formula is C20H23N3O4. The van der Waals surface area contributed by atoms with Gasteiger partial charge in [0.1, 0.15) is 11.5 Å². The lowest BCUT2D eigenvalue weighted by Crippen LogP contribution is -2.30. The molecule has 1 atom stereocenters. The van der Waals surface area contributed by atoms with Gasteiger partial charge in [0.2, 0.25) is 0 Å². The predicted molar refractivity (Wildman–Crippen MR) is 103 cm³/mol. The number of carbonyl (C=O) groups is 2. The fourth-order valence-electron chi connectivity index (χ4n) is 2.37. The summed E-state index contributed by atoms with van der Waals surface area (Å²) >= 11 is 0. The third-order valence-corrected chi connectivity index (χ3v) is 4.06. The minimum absolute atomic E-state index is 0.212. The molecule has 1 aliphatic carbocycles. The Morgan fingerprint density at radius 1 is 0.926 bits per heavy atom. The molecule has 3 amide bonds. The third-order valence-electron chi connectivity index (χ3n) is 4.06. The first-order valence-corrected chi connectivity index (χ1v) is 8.82. The summed E-state index contributed by atoms with van der Waals surface area (Å²) in [5.74, 6) is 1.04. The van der Waals surface area contributed by atoms with Crippen molar-refractivity contribution in [2.75, 3.05) is 17.7 Å². The number of anilines is 2. The van der Waals surface area contributed by atoms with Crippen LogP contribution in [0.25, 0.3) is 0 Å². The van der Waals surface area contributed by atoms with Crippen LogP contribution in [0.1, 0.15) is 19.8 Å². The highest BCUT2D eigenvalue weighted by Gasteiger charge is 2.23. The van der Waals surface area contributed by atoms with Crippen LogP contribution in [0.4, 0.5) is 16.2 Å². The van der Waals surface area contributed by atoms with Gasteiger partial charge in [-0.05, 0) is 68.3 Å². The summed E-state index contributed by atoms with van der Waals surface area (Å²) in [6.07, 6.45) is 1.41. The van der Waals surface area contributed by atoms with Gasteiger partial charge in [0, 0.05) is 17.4 Å². The van der Waals surface area contributed by atoms with Crippen LogP contribution < -0.4 is 25.4 Å². The normalized spacial score (nSPS) is 14.0. The van der Waals surface area contributed by atoms with Gasteiger partial charge < -0.3 is 25.4 Å². The average Bonchev–Trinajstić information content (AvgIpc) is 3.47. The van der Waals surface area contributed by atoms with E-state index in [0.29, 0.717) is 23.2 Å². The molecule has 0 radical (unpaired) electrons. The van der Waals surface area contributed by atoms with Crippen LogP contribution in [0.15, 0.2) is 48.5 Å². The van der Waals surface area contributed by atoms with Gasteiger partial charge in [0.25, 0.3) is 5.91 Å². The van der Waals surface area contributed by atoms with Crippen molar-refractivity contribution in [3.63, 3.8) is 0 Å². The first-order valence-electron chi connectivity index (χ1n) is 8.82. The first-order chi connectivity index (χ1) is 13.0. The lowest BCUT2D eigenvalue weighted by atomic mass is 10.2. The van der Waals surface area contributed by atoms with E-state index in [-0.39, 0.29) is 11.9 Å². The van der Waals surface area contributed by atoms with Gasteiger partial charge in [-0.15, -0.1) is 0 Å². The number of benzene rings is 2. The topological polar surface area (TPSA) is 88.7 Å². The van der Waals surface area contributed by atoms with E-state index in [2.05, 4.69) is 16.0 Å². The number of rotatable bonds is 7. The van der Waals surface area contributed by atoms with E-state index in [9.17, 15) is 9.59 Å². The maximum atomic E-state index is 12.3. The van der Waals surface area contributed by atoms with E-state index in [4.69, 9.17) is 9.47 Å². The Morgan fingerprint density at radius 3 is 2.04 bits per heavy atom. The minimum atomic E-state index is -0.666. The van der Waals surface area contributed by atoms with Crippen LogP contribution in [0.2, 0.25) is 0 Å². The molecule has 0 saturated heterocycles.